The lowest BCUT2D eigenvalue weighted by Crippen LogP contribution is -2.13. The summed E-state index contributed by atoms with van der Waals surface area (Å²) in [5, 5.41) is 7.13. The van der Waals surface area contributed by atoms with E-state index in [0.717, 1.165) is 0 Å². The number of halogens is 2. The second-order valence-electron chi connectivity index (χ2n) is 5.36. The number of carbonyl (C=O) groups is 1. The van der Waals surface area contributed by atoms with Crippen molar-refractivity contribution in [1.82, 2.24) is 4.98 Å². The highest BCUT2D eigenvalue weighted by atomic mass is 35.5. The molecule has 7 heteroatoms. The van der Waals surface area contributed by atoms with Gasteiger partial charge in [0.25, 0.3) is 5.91 Å². The number of anilines is 3. The van der Waals surface area contributed by atoms with E-state index in [4.69, 9.17) is 27.9 Å². The molecule has 0 atom stereocenters. The molecule has 0 fully saturated rings. The fourth-order valence-electron chi connectivity index (χ4n) is 2.29. The molecule has 0 unspecified atom stereocenters. The van der Waals surface area contributed by atoms with Crippen LogP contribution in [0.5, 0.6) is 5.75 Å². The summed E-state index contributed by atoms with van der Waals surface area (Å²) in [5.74, 6) is 0.312. The molecule has 0 saturated carbocycles. The highest BCUT2D eigenvalue weighted by molar-refractivity contribution is 6.31. The average molecular weight is 388 g/mol. The maximum absolute atomic E-state index is 12.4. The summed E-state index contributed by atoms with van der Waals surface area (Å²) in [5.41, 5.74) is 2.28. The summed E-state index contributed by atoms with van der Waals surface area (Å²) in [6.07, 6.45) is 1.55. The predicted molar refractivity (Wildman–Crippen MR) is 105 cm³/mol. The smallest absolute Gasteiger partial charge is 0.274 e. The van der Waals surface area contributed by atoms with E-state index in [0.29, 0.717) is 32.9 Å². The van der Waals surface area contributed by atoms with Crippen molar-refractivity contribution in [2.45, 2.75) is 0 Å². The average Bonchev–Trinajstić information content (AvgIpc) is 2.64. The van der Waals surface area contributed by atoms with Crippen LogP contribution in [-0.2, 0) is 0 Å². The third-order valence-electron chi connectivity index (χ3n) is 3.54. The van der Waals surface area contributed by atoms with Gasteiger partial charge in [0, 0.05) is 27.6 Å². The topological polar surface area (TPSA) is 63.2 Å². The molecule has 132 valence electrons. The van der Waals surface area contributed by atoms with Crippen LogP contribution in [0.1, 0.15) is 10.5 Å². The molecule has 0 bridgehead atoms. The third-order valence-corrected chi connectivity index (χ3v) is 4.02. The normalized spacial score (nSPS) is 10.3. The minimum absolute atomic E-state index is 0.269. The molecule has 1 aromatic heterocycles. The lowest BCUT2D eigenvalue weighted by Gasteiger charge is -2.12. The molecule has 0 aliphatic heterocycles. The molecular weight excluding hydrogens is 373 g/mol. The Bertz CT molecular complexity index is 930. The first-order valence-electron chi connectivity index (χ1n) is 7.69. The molecule has 0 spiro atoms. The van der Waals surface area contributed by atoms with E-state index in [-0.39, 0.29) is 11.6 Å². The number of nitrogens with one attached hydrogen (secondary N) is 2. The monoisotopic (exact) mass is 387 g/mol. The standard InChI is InChI=1S/C19H15Cl2N3O2/c1-26-18-7-4-13(21)10-16(18)23-15-8-9-22-17(11-15)19(25)24-14-5-2-12(20)3-6-14/h2-11H,1H3,(H,22,23)(H,24,25). The molecule has 2 aromatic carbocycles. The Hall–Kier alpha value is -2.76. The lowest BCUT2D eigenvalue weighted by atomic mass is 10.2. The first-order chi connectivity index (χ1) is 12.5. The first-order valence-corrected chi connectivity index (χ1v) is 8.44. The zero-order chi connectivity index (χ0) is 18.5. The van der Waals surface area contributed by atoms with Crippen LogP contribution in [-0.4, -0.2) is 18.0 Å². The van der Waals surface area contributed by atoms with Gasteiger partial charge in [0.05, 0.1) is 12.8 Å². The molecule has 3 aromatic rings. The quantitative estimate of drug-likeness (QED) is 0.615. The van der Waals surface area contributed by atoms with Crippen molar-refractivity contribution < 1.29 is 9.53 Å². The van der Waals surface area contributed by atoms with Crippen molar-refractivity contribution >= 4 is 46.2 Å². The van der Waals surface area contributed by atoms with Crippen LogP contribution < -0.4 is 15.4 Å². The molecule has 2 N–H and O–H groups in total. The molecular formula is C19H15Cl2N3O2. The van der Waals surface area contributed by atoms with Gasteiger partial charge in [-0.2, -0.15) is 0 Å². The van der Waals surface area contributed by atoms with Gasteiger partial charge in [-0.05, 0) is 54.6 Å². The van der Waals surface area contributed by atoms with Crippen LogP contribution in [0.2, 0.25) is 10.0 Å². The SMILES string of the molecule is COc1ccc(Cl)cc1Nc1ccnc(C(=O)Nc2ccc(Cl)cc2)c1. The molecule has 0 aliphatic rings. The zero-order valence-corrected chi connectivity index (χ0v) is 15.3. The highest BCUT2D eigenvalue weighted by Crippen LogP contribution is 2.30. The Labute approximate surface area is 160 Å². The molecule has 0 aliphatic carbocycles. The van der Waals surface area contributed by atoms with E-state index in [9.17, 15) is 4.79 Å². The van der Waals surface area contributed by atoms with Crippen LogP contribution >= 0.6 is 23.2 Å². The molecule has 5 nitrogen and oxygen atoms in total. The Kier molecular flexibility index (Phi) is 5.61. The van der Waals surface area contributed by atoms with E-state index in [2.05, 4.69) is 15.6 Å². The number of pyridine rings is 1. The maximum Gasteiger partial charge on any atom is 0.274 e. The highest BCUT2D eigenvalue weighted by Gasteiger charge is 2.10. The molecule has 3 rings (SSSR count). The fourth-order valence-corrected chi connectivity index (χ4v) is 2.59. The van der Waals surface area contributed by atoms with E-state index < -0.39 is 0 Å². The van der Waals surface area contributed by atoms with E-state index >= 15 is 0 Å². The van der Waals surface area contributed by atoms with Gasteiger partial charge in [0.1, 0.15) is 11.4 Å². The Morgan fingerprint density at radius 3 is 2.42 bits per heavy atom. The van der Waals surface area contributed by atoms with Gasteiger partial charge in [-0.3, -0.25) is 9.78 Å². The van der Waals surface area contributed by atoms with Gasteiger partial charge in [0.2, 0.25) is 0 Å². The zero-order valence-electron chi connectivity index (χ0n) is 13.8. The van der Waals surface area contributed by atoms with Crippen molar-refractivity contribution in [3.8, 4) is 5.75 Å². The number of amides is 1. The van der Waals surface area contributed by atoms with Crippen LogP contribution in [0.15, 0.2) is 60.8 Å². The number of aromatic nitrogens is 1. The molecule has 0 saturated heterocycles. The van der Waals surface area contributed by atoms with Crippen molar-refractivity contribution in [3.05, 3.63) is 76.5 Å². The van der Waals surface area contributed by atoms with Crippen LogP contribution in [0, 0.1) is 0 Å². The fraction of sp³-hybridized carbons (Fsp3) is 0.0526. The number of rotatable bonds is 5. The number of hydrogen-bond donors (Lipinski definition) is 2. The van der Waals surface area contributed by atoms with Gasteiger partial charge < -0.3 is 15.4 Å². The van der Waals surface area contributed by atoms with E-state index in [1.54, 1.807) is 67.9 Å². The lowest BCUT2D eigenvalue weighted by molar-refractivity contribution is 0.102. The number of carbonyl (C=O) groups excluding carboxylic acids is 1. The van der Waals surface area contributed by atoms with Gasteiger partial charge in [-0.25, -0.2) is 0 Å². The second-order valence-corrected chi connectivity index (χ2v) is 6.23. The number of hydrogen-bond acceptors (Lipinski definition) is 4. The minimum atomic E-state index is -0.325. The summed E-state index contributed by atoms with van der Waals surface area (Å²) in [4.78, 5) is 16.5. The van der Waals surface area contributed by atoms with Gasteiger partial charge in [-0.1, -0.05) is 23.2 Å². The summed E-state index contributed by atoms with van der Waals surface area (Å²) >= 11 is 11.9. The van der Waals surface area contributed by atoms with Crippen molar-refractivity contribution in [2.24, 2.45) is 0 Å². The van der Waals surface area contributed by atoms with E-state index in [1.165, 1.54) is 0 Å². The van der Waals surface area contributed by atoms with Crippen molar-refractivity contribution in [2.75, 3.05) is 17.7 Å². The first kappa shape index (κ1) is 18.0. The largest absolute Gasteiger partial charge is 0.495 e. The van der Waals surface area contributed by atoms with Crippen molar-refractivity contribution in [1.29, 1.82) is 0 Å². The predicted octanol–water partition coefficient (Wildman–Crippen LogP) is 5.39. The number of ether oxygens (including phenoxy) is 1. The minimum Gasteiger partial charge on any atom is -0.495 e. The van der Waals surface area contributed by atoms with E-state index in [1.807, 2.05) is 0 Å². The van der Waals surface area contributed by atoms with Crippen molar-refractivity contribution in [3.63, 3.8) is 0 Å². The number of methoxy groups -OCH3 is 1. The summed E-state index contributed by atoms with van der Waals surface area (Å²) in [6, 6.07) is 15.5. The van der Waals surface area contributed by atoms with Crippen LogP contribution in [0.4, 0.5) is 17.1 Å². The Morgan fingerprint density at radius 2 is 1.69 bits per heavy atom. The van der Waals surface area contributed by atoms with Gasteiger partial charge in [0.15, 0.2) is 0 Å². The van der Waals surface area contributed by atoms with Gasteiger partial charge >= 0.3 is 0 Å². The Balaban J connectivity index is 1.79. The number of benzene rings is 2. The van der Waals surface area contributed by atoms with Crippen LogP contribution in [0.3, 0.4) is 0 Å². The molecule has 0 radical (unpaired) electrons. The summed E-state index contributed by atoms with van der Waals surface area (Å²) < 4.78 is 5.31. The molecule has 1 amide bonds. The maximum atomic E-state index is 12.4. The summed E-state index contributed by atoms with van der Waals surface area (Å²) in [6.45, 7) is 0. The molecule has 1 heterocycles. The van der Waals surface area contributed by atoms with Crippen LogP contribution in [0.25, 0.3) is 0 Å². The Morgan fingerprint density at radius 1 is 0.962 bits per heavy atom. The summed E-state index contributed by atoms with van der Waals surface area (Å²) in [7, 11) is 1.58. The molecule has 26 heavy (non-hydrogen) atoms. The van der Waals surface area contributed by atoms with Gasteiger partial charge in [-0.15, -0.1) is 0 Å². The second kappa shape index (κ2) is 8.08. The number of nitrogens with zero attached hydrogens (tertiary/aromatic N) is 1. The third kappa shape index (κ3) is 4.45.